The summed E-state index contributed by atoms with van der Waals surface area (Å²) in [5.41, 5.74) is -0.456. The van der Waals surface area contributed by atoms with Gasteiger partial charge in [-0.25, -0.2) is 14.2 Å². The van der Waals surface area contributed by atoms with Crippen LogP contribution in [0.25, 0.3) is 10.9 Å². The number of anilines is 1. The third kappa shape index (κ3) is 5.84. The second kappa shape index (κ2) is 9.94. The van der Waals surface area contributed by atoms with Crippen molar-refractivity contribution in [3.05, 3.63) is 26.7 Å². The van der Waals surface area contributed by atoms with E-state index >= 15 is 0 Å². The maximum absolute atomic E-state index is 14.5. The molecule has 7 nitrogen and oxygen atoms in total. The Morgan fingerprint density at radius 3 is 2.37 bits per heavy atom. The minimum atomic E-state index is -0.588. The van der Waals surface area contributed by atoms with E-state index < -0.39 is 11.4 Å². The molecular formula is C19H21BrCl2FN5O2. The average molecular weight is 521 g/mol. The number of benzene rings is 1. The topological polar surface area (TPSA) is 82.4 Å². The number of hydrogen-bond donors (Lipinski definition) is 0. The summed E-state index contributed by atoms with van der Waals surface area (Å²) in [6.07, 6.45) is -0.356. The minimum absolute atomic E-state index is 0.0554. The average Bonchev–Trinajstić information content (AvgIpc) is 2.66. The van der Waals surface area contributed by atoms with Crippen molar-refractivity contribution in [2.45, 2.75) is 33.3 Å². The van der Waals surface area contributed by atoms with Crippen LogP contribution in [0.15, 0.2) is 10.5 Å². The molecule has 11 heteroatoms. The number of nitriles is 1. The monoisotopic (exact) mass is 519 g/mol. The van der Waals surface area contributed by atoms with Crippen LogP contribution in [0.5, 0.6) is 0 Å². The van der Waals surface area contributed by atoms with E-state index in [2.05, 4.69) is 25.9 Å². The van der Waals surface area contributed by atoms with E-state index in [0.29, 0.717) is 37.4 Å². The Labute approximate surface area is 192 Å². The highest BCUT2D eigenvalue weighted by Crippen LogP contribution is 2.36. The highest BCUT2D eigenvalue weighted by Gasteiger charge is 2.28. The molecule has 1 saturated heterocycles. The van der Waals surface area contributed by atoms with Crippen LogP contribution in [-0.4, -0.2) is 52.7 Å². The maximum Gasteiger partial charge on any atom is 0.410 e. The molecule has 0 bridgehead atoms. The number of carbonyl (C=O) groups excluding carboxylic acids is 1. The van der Waals surface area contributed by atoms with Crippen molar-refractivity contribution in [3.8, 4) is 6.07 Å². The summed E-state index contributed by atoms with van der Waals surface area (Å²) in [5, 5.41) is 7.95. The molecular weight excluding hydrogens is 500 g/mol. The predicted octanol–water partition coefficient (Wildman–Crippen LogP) is 5.43. The Hall–Kier alpha value is -1.89. The fourth-order valence-corrected chi connectivity index (χ4v) is 3.46. The van der Waals surface area contributed by atoms with Crippen molar-refractivity contribution < 1.29 is 13.9 Å². The summed E-state index contributed by atoms with van der Waals surface area (Å²) >= 11 is 15.2. The number of hydrogen-bond acceptors (Lipinski definition) is 6. The number of amides is 1. The lowest BCUT2D eigenvalue weighted by Gasteiger charge is -2.36. The van der Waals surface area contributed by atoms with E-state index in [4.69, 9.17) is 33.2 Å². The molecule has 1 aromatic carbocycles. The van der Waals surface area contributed by atoms with Crippen molar-refractivity contribution in [1.82, 2.24) is 14.9 Å². The number of aromatic nitrogens is 2. The molecule has 0 atom stereocenters. The second-order valence-electron chi connectivity index (χ2n) is 7.38. The molecule has 0 radical (unpaired) electrons. The van der Waals surface area contributed by atoms with Crippen LogP contribution < -0.4 is 4.90 Å². The van der Waals surface area contributed by atoms with Gasteiger partial charge < -0.3 is 14.5 Å². The summed E-state index contributed by atoms with van der Waals surface area (Å²) in [5.74, 6) is -0.0995. The smallest absolute Gasteiger partial charge is 0.410 e. The van der Waals surface area contributed by atoms with Crippen LogP contribution >= 0.6 is 39.1 Å². The van der Waals surface area contributed by atoms with Gasteiger partial charge in [0.2, 0.25) is 5.28 Å². The van der Waals surface area contributed by atoms with Crippen LogP contribution in [0, 0.1) is 17.1 Å². The van der Waals surface area contributed by atoms with E-state index in [-0.39, 0.29) is 26.4 Å². The molecule has 1 amide bonds. The zero-order valence-electron chi connectivity index (χ0n) is 17.0. The first-order valence-corrected chi connectivity index (χ1v) is 10.6. The molecule has 0 aliphatic carbocycles. The highest BCUT2D eigenvalue weighted by molar-refractivity contribution is 9.10. The molecule has 1 aliphatic rings. The van der Waals surface area contributed by atoms with Gasteiger partial charge in [0, 0.05) is 38.5 Å². The molecule has 1 aromatic heterocycles. The number of carbonyl (C=O) groups is 1. The van der Waals surface area contributed by atoms with Gasteiger partial charge in [-0.2, -0.15) is 10.2 Å². The zero-order valence-corrected chi connectivity index (χ0v) is 20.1. The molecule has 2 heterocycles. The van der Waals surface area contributed by atoms with Crippen molar-refractivity contribution in [2.24, 2.45) is 0 Å². The van der Waals surface area contributed by atoms with Gasteiger partial charge in [0.25, 0.3) is 0 Å². The van der Waals surface area contributed by atoms with E-state index in [1.807, 2.05) is 25.7 Å². The van der Waals surface area contributed by atoms with E-state index in [1.165, 1.54) is 6.92 Å². The fraction of sp³-hybridized carbons (Fsp3) is 0.474. The van der Waals surface area contributed by atoms with Crippen LogP contribution in [0.3, 0.4) is 0 Å². The number of ether oxygens (including phenoxy) is 1. The van der Waals surface area contributed by atoms with Crippen LogP contribution in [0.2, 0.25) is 10.3 Å². The summed E-state index contributed by atoms with van der Waals surface area (Å²) in [6, 6.07) is 3.36. The molecule has 0 N–H and O–H groups in total. The van der Waals surface area contributed by atoms with Gasteiger partial charge in [0.1, 0.15) is 16.9 Å². The van der Waals surface area contributed by atoms with E-state index in [9.17, 15) is 9.18 Å². The first-order valence-electron chi connectivity index (χ1n) is 9.03. The third-order valence-corrected chi connectivity index (χ3v) is 5.48. The van der Waals surface area contributed by atoms with Gasteiger partial charge in [-0.05, 0) is 54.4 Å². The van der Waals surface area contributed by atoms with Gasteiger partial charge in [-0.15, -0.1) is 0 Å². The molecule has 3 rings (SSSR count). The number of rotatable bonds is 1. The normalized spacial score (nSPS) is 14.1. The highest BCUT2D eigenvalue weighted by atomic mass is 79.9. The lowest BCUT2D eigenvalue weighted by molar-refractivity contribution is 0.0240. The third-order valence-electron chi connectivity index (χ3n) is 4.01. The Morgan fingerprint density at radius 2 is 1.83 bits per heavy atom. The Bertz CT molecular complexity index is 986. The fourth-order valence-electron chi connectivity index (χ4n) is 2.80. The Kier molecular flexibility index (Phi) is 8.08. The lowest BCUT2D eigenvalue weighted by atomic mass is 10.2. The van der Waals surface area contributed by atoms with Gasteiger partial charge >= 0.3 is 6.09 Å². The van der Waals surface area contributed by atoms with Crippen molar-refractivity contribution in [2.75, 3.05) is 31.1 Å². The molecule has 1 fully saturated rings. The van der Waals surface area contributed by atoms with Gasteiger partial charge in [-0.3, -0.25) is 0 Å². The van der Waals surface area contributed by atoms with Crippen molar-refractivity contribution >= 4 is 61.9 Å². The SMILES string of the molecule is CC#N.CC(C)(C)OC(=O)N1CCN(c2nc(Cl)nc3c(F)c(Br)c(Cl)cc23)CC1. The molecule has 0 unspecified atom stereocenters. The standard InChI is InChI=1S/C17H18BrCl2FN4O2.C2H3N/c1-17(2,3)27-16(26)25-6-4-24(5-7-25)14-9-8-10(19)11(18)12(21)13(9)22-15(20)23-14;1-2-3/h8H,4-7H2,1-3H3;1H3. The second-order valence-corrected chi connectivity index (χ2v) is 8.92. The largest absolute Gasteiger partial charge is 0.444 e. The first kappa shape index (κ1) is 24.4. The molecule has 0 saturated carbocycles. The number of fused-ring (bicyclic) bond motifs is 1. The van der Waals surface area contributed by atoms with Gasteiger partial charge in [0.15, 0.2) is 5.82 Å². The summed E-state index contributed by atoms with van der Waals surface area (Å²) < 4.78 is 20.1. The number of piperazine rings is 1. The number of halogens is 4. The lowest BCUT2D eigenvalue weighted by Crippen LogP contribution is -2.50. The molecule has 1 aliphatic heterocycles. The zero-order chi connectivity index (χ0) is 22.6. The molecule has 162 valence electrons. The molecule has 2 aromatic rings. The van der Waals surface area contributed by atoms with E-state index in [0.717, 1.165) is 0 Å². The summed E-state index contributed by atoms with van der Waals surface area (Å²) in [7, 11) is 0. The Morgan fingerprint density at radius 1 is 1.27 bits per heavy atom. The first-order chi connectivity index (χ1) is 14.0. The van der Waals surface area contributed by atoms with Gasteiger partial charge in [0.05, 0.1) is 15.6 Å². The quantitative estimate of drug-likeness (QED) is 0.368. The predicted molar refractivity (Wildman–Crippen MR) is 119 cm³/mol. The van der Waals surface area contributed by atoms with Crippen LogP contribution in [0.1, 0.15) is 27.7 Å². The molecule has 0 spiro atoms. The Balaban J connectivity index is 0.00000101. The summed E-state index contributed by atoms with van der Waals surface area (Å²) in [4.78, 5) is 24.0. The number of nitrogens with zero attached hydrogens (tertiary/aromatic N) is 5. The van der Waals surface area contributed by atoms with Crippen LogP contribution in [0.4, 0.5) is 15.0 Å². The minimum Gasteiger partial charge on any atom is -0.444 e. The van der Waals surface area contributed by atoms with E-state index in [1.54, 1.807) is 17.0 Å². The van der Waals surface area contributed by atoms with Crippen molar-refractivity contribution in [1.29, 1.82) is 5.26 Å². The maximum atomic E-state index is 14.5. The summed E-state index contributed by atoms with van der Waals surface area (Å²) in [6.45, 7) is 8.80. The molecule has 30 heavy (non-hydrogen) atoms. The van der Waals surface area contributed by atoms with Gasteiger partial charge in [-0.1, -0.05) is 11.6 Å². The van der Waals surface area contributed by atoms with Crippen molar-refractivity contribution in [3.63, 3.8) is 0 Å². The van der Waals surface area contributed by atoms with Crippen LogP contribution in [-0.2, 0) is 4.74 Å².